The molecular weight excluding hydrogens is 336 g/mol. The summed E-state index contributed by atoms with van der Waals surface area (Å²) >= 11 is 3.49. The van der Waals surface area contributed by atoms with Crippen LogP contribution in [0.25, 0.3) is 0 Å². The molecule has 7 heteroatoms. The van der Waals surface area contributed by atoms with Crippen molar-refractivity contribution in [1.82, 2.24) is 0 Å². The van der Waals surface area contributed by atoms with Crippen LogP contribution in [0.2, 0.25) is 0 Å². The second-order valence-corrected chi connectivity index (χ2v) is 9.58. The van der Waals surface area contributed by atoms with Crippen molar-refractivity contribution in [2.75, 3.05) is 12.4 Å². The number of hydrogen-bond acceptors (Lipinski definition) is 4. The minimum atomic E-state index is -4.24. The molecule has 0 saturated heterocycles. The number of alkyl halides is 1. The Morgan fingerprint density at radius 2 is 1.79 bits per heavy atom. The monoisotopic (exact) mass is 358 g/mol. The second-order valence-electron chi connectivity index (χ2n) is 5.94. The normalized spacial score (nSPS) is 15.1. The lowest BCUT2D eigenvalue weighted by Gasteiger charge is -2.36. The third-order valence-electron chi connectivity index (χ3n) is 2.77. The molecule has 1 N–H and O–H groups in total. The standard InChI is InChI=1S/C12H23BrO5S/c1-6-18-10(14)9(7-19(15,16)17)11(2,3)8-12(4,5)13/h9H,6-8H2,1-5H3,(H,15,16,17). The second kappa shape index (κ2) is 6.54. The maximum Gasteiger partial charge on any atom is 0.310 e. The number of ether oxygens (including phenoxy) is 1. The summed E-state index contributed by atoms with van der Waals surface area (Å²) in [6.45, 7) is 9.29. The molecule has 0 aliphatic heterocycles. The van der Waals surface area contributed by atoms with E-state index in [2.05, 4.69) is 15.9 Å². The molecule has 0 aliphatic rings. The van der Waals surface area contributed by atoms with Crippen molar-refractivity contribution in [2.45, 2.75) is 45.4 Å². The molecule has 0 saturated carbocycles. The topological polar surface area (TPSA) is 80.7 Å². The van der Waals surface area contributed by atoms with Gasteiger partial charge in [0.2, 0.25) is 0 Å². The Morgan fingerprint density at radius 3 is 2.11 bits per heavy atom. The van der Waals surface area contributed by atoms with Crippen molar-refractivity contribution in [2.24, 2.45) is 11.3 Å². The maximum atomic E-state index is 11.9. The highest BCUT2D eigenvalue weighted by Crippen LogP contribution is 2.40. The number of hydrogen-bond donors (Lipinski definition) is 1. The molecule has 19 heavy (non-hydrogen) atoms. The SMILES string of the molecule is CCOC(=O)C(CS(=O)(=O)O)C(C)(C)CC(C)(C)Br. The minimum absolute atomic E-state index is 0.175. The molecule has 0 amide bonds. The molecule has 0 aromatic heterocycles. The van der Waals surface area contributed by atoms with Crippen molar-refractivity contribution in [3.8, 4) is 0 Å². The fraction of sp³-hybridized carbons (Fsp3) is 0.917. The van der Waals surface area contributed by atoms with Crippen molar-refractivity contribution in [3.05, 3.63) is 0 Å². The fourth-order valence-corrected chi connectivity index (χ4v) is 4.00. The third kappa shape index (κ3) is 7.89. The van der Waals surface area contributed by atoms with E-state index in [0.29, 0.717) is 6.42 Å². The van der Waals surface area contributed by atoms with Gasteiger partial charge in [-0.3, -0.25) is 9.35 Å². The van der Waals surface area contributed by atoms with Crippen LogP contribution < -0.4 is 0 Å². The largest absolute Gasteiger partial charge is 0.466 e. The molecule has 0 aromatic rings. The zero-order chi connectivity index (χ0) is 15.5. The Hall–Kier alpha value is -0.140. The third-order valence-corrected chi connectivity index (χ3v) is 3.80. The summed E-state index contributed by atoms with van der Waals surface area (Å²) in [5.41, 5.74) is -0.630. The lowest BCUT2D eigenvalue weighted by molar-refractivity contribution is -0.151. The van der Waals surface area contributed by atoms with Gasteiger partial charge < -0.3 is 4.74 Å². The Kier molecular flexibility index (Phi) is 6.49. The zero-order valence-electron chi connectivity index (χ0n) is 12.1. The lowest BCUT2D eigenvalue weighted by Crippen LogP contribution is -2.40. The van der Waals surface area contributed by atoms with Crippen molar-refractivity contribution in [1.29, 1.82) is 0 Å². The molecule has 0 aromatic carbocycles. The minimum Gasteiger partial charge on any atom is -0.466 e. The molecular formula is C12H23BrO5S. The molecule has 5 nitrogen and oxygen atoms in total. The van der Waals surface area contributed by atoms with E-state index in [1.54, 1.807) is 20.8 Å². The molecule has 0 radical (unpaired) electrons. The van der Waals surface area contributed by atoms with Gasteiger partial charge in [0.25, 0.3) is 10.1 Å². The number of carbonyl (C=O) groups is 1. The first-order valence-electron chi connectivity index (χ1n) is 6.09. The summed E-state index contributed by atoms with van der Waals surface area (Å²) in [4.78, 5) is 11.9. The summed E-state index contributed by atoms with van der Waals surface area (Å²) < 4.78 is 35.9. The van der Waals surface area contributed by atoms with Crippen LogP contribution in [0.1, 0.15) is 41.0 Å². The van der Waals surface area contributed by atoms with E-state index in [1.807, 2.05) is 13.8 Å². The number of halogens is 1. The Balaban J connectivity index is 5.27. The van der Waals surface area contributed by atoms with E-state index in [4.69, 9.17) is 9.29 Å². The van der Waals surface area contributed by atoms with E-state index in [-0.39, 0.29) is 10.9 Å². The van der Waals surface area contributed by atoms with Crippen molar-refractivity contribution < 1.29 is 22.5 Å². The van der Waals surface area contributed by atoms with E-state index in [9.17, 15) is 13.2 Å². The molecule has 0 aliphatic carbocycles. The Morgan fingerprint density at radius 1 is 1.32 bits per heavy atom. The highest BCUT2D eigenvalue weighted by Gasteiger charge is 2.41. The first-order chi connectivity index (χ1) is 8.28. The number of carbonyl (C=O) groups excluding carboxylic acids is 1. The first-order valence-corrected chi connectivity index (χ1v) is 8.49. The van der Waals surface area contributed by atoms with Crippen LogP contribution in [0.15, 0.2) is 0 Å². The van der Waals surface area contributed by atoms with Crippen molar-refractivity contribution >= 4 is 32.0 Å². The van der Waals surface area contributed by atoms with Crippen molar-refractivity contribution in [3.63, 3.8) is 0 Å². The van der Waals surface area contributed by atoms with E-state index in [0.717, 1.165) is 0 Å². The Labute approximate surface area is 124 Å². The molecule has 1 atom stereocenters. The predicted octanol–water partition coefficient (Wildman–Crippen LogP) is 2.64. The summed E-state index contributed by atoms with van der Waals surface area (Å²) in [6, 6.07) is 0. The van der Waals surface area contributed by atoms with Gasteiger partial charge in [-0.25, -0.2) is 0 Å². The van der Waals surface area contributed by atoms with Crippen LogP contribution in [-0.2, 0) is 19.6 Å². The summed E-state index contributed by atoms with van der Waals surface area (Å²) in [7, 11) is -4.24. The van der Waals surface area contributed by atoms with Crippen LogP contribution in [0.5, 0.6) is 0 Å². The molecule has 0 rings (SSSR count). The first kappa shape index (κ1) is 18.9. The molecule has 1 unspecified atom stereocenters. The average molecular weight is 359 g/mol. The van der Waals surface area contributed by atoms with Gasteiger partial charge in [-0.1, -0.05) is 43.6 Å². The fourth-order valence-electron chi connectivity index (χ4n) is 2.27. The van der Waals surface area contributed by atoms with Gasteiger partial charge in [-0.15, -0.1) is 0 Å². The van der Waals surface area contributed by atoms with E-state index in [1.165, 1.54) is 0 Å². The van der Waals surface area contributed by atoms with Gasteiger partial charge in [-0.2, -0.15) is 8.42 Å². The van der Waals surface area contributed by atoms with Gasteiger partial charge in [-0.05, 0) is 18.8 Å². The molecule has 0 bridgehead atoms. The van der Waals surface area contributed by atoms with Gasteiger partial charge in [0.15, 0.2) is 0 Å². The zero-order valence-corrected chi connectivity index (χ0v) is 14.5. The van der Waals surface area contributed by atoms with Crippen LogP contribution >= 0.6 is 15.9 Å². The Bertz CT molecular complexity index is 408. The lowest BCUT2D eigenvalue weighted by atomic mass is 9.74. The number of esters is 1. The predicted molar refractivity (Wildman–Crippen MR) is 77.9 cm³/mol. The van der Waals surface area contributed by atoms with Crippen LogP contribution in [-0.4, -0.2) is 35.6 Å². The summed E-state index contributed by atoms with van der Waals surface area (Å²) in [5.74, 6) is -2.12. The van der Waals surface area contributed by atoms with E-state index < -0.39 is 33.2 Å². The molecule has 0 heterocycles. The maximum absolute atomic E-state index is 11.9. The highest BCUT2D eigenvalue weighted by atomic mass is 79.9. The van der Waals surface area contributed by atoms with Gasteiger partial charge in [0, 0.05) is 4.32 Å². The molecule has 114 valence electrons. The smallest absolute Gasteiger partial charge is 0.310 e. The quantitative estimate of drug-likeness (QED) is 0.429. The summed E-state index contributed by atoms with van der Waals surface area (Å²) in [5, 5.41) is 0. The van der Waals surface area contributed by atoms with Crippen LogP contribution in [0, 0.1) is 11.3 Å². The number of rotatable bonds is 7. The van der Waals surface area contributed by atoms with Gasteiger partial charge in [0.1, 0.15) is 0 Å². The van der Waals surface area contributed by atoms with Gasteiger partial charge >= 0.3 is 5.97 Å². The van der Waals surface area contributed by atoms with E-state index >= 15 is 0 Å². The molecule has 0 spiro atoms. The van der Waals surface area contributed by atoms with Crippen LogP contribution in [0.3, 0.4) is 0 Å². The van der Waals surface area contributed by atoms with Crippen LogP contribution in [0.4, 0.5) is 0 Å². The molecule has 0 fully saturated rings. The highest BCUT2D eigenvalue weighted by molar-refractivity contribution is 9.10. The van der Waals surface area contributed by atoms with Gasteiger partial charge in [0.05, 0.1) is 18.3 Å². The summed E-state index contributed by atoms with van der Waals surface area (Å²) in [6.07, 6.45) is 0.555. The average Bonchev–Trinajstić information content (AvgIpc) is 2.08.